The minimum atomic E-state index is 0.575. The van der Waals surface area contributed by atoms with Crippen molar-refractivity contribution < 1.29 is 4.74 Å². The molecule has 1 aromatic heterocycles. The average Bonchev–Trinajstić information content (AvgIpc) is 3.24. The molecule has 0 spiro atoms. The smallest absolute Gasteiger partial charge is 0.219 e. The number of nitrogens with zero attached hydrogens (tertiary/aromatic N) is 1. The molecular formula is C16H17ClN2O. The molecule has 0 radical (unpaired) electrons. The van der Waals surface area contributed by atoms with Crippen LogP contribution in [0.3, 0.4) is 0 Å². The first-order chi connectivity index (χ1) is 9.70. The van der Waals surface area contributed by atoms with Crippen LogP contribution in [-0.4, -0.2) is 11.0 Å². The highest BCUT2D eigenvalue weighted by atomic mass is 35.5. The molecule has 1 heterocycles. The van der Waals surface area contributed by atoms with Gasteiger partial charge >= 0.3 is 0 Å². The second-order valence-electron chi connectivity index (χ2n) is 5.16. The fourth-order valence-corrected chi connectivity index (χ4v) is 2.22. The lowest BCUT2D eigenvalue weighted by Crippen LogP contribution is -2.16. The molecule has 0 unspecified atom stereocenters. The number of hydrogen-bond acceptors (Lipinski definition) is 3. The van der Waals surface area contributed by atoms with Crippen molar-refractivity contribution >= 4 is 11.6 Å². The maximum absolute atomic E-state index is 6.17. The molecule has 4 heteroatoms. The van der Waals surface area contributed by atoms with Gasteiger partial charge in [-0.2, -0.15) is 0 Å². The Labute approximate surface area is 123 Å². The van der Waals surface area contributed by atoms with Gasteiger partial charge in [-0.15, -0.1) is 0 Å². The molecule has 3 rings (SSSR count). The van der Waals surface area contributed by atoms with E-state index < -0.39 is 0 Å². The van der Waals surface area contributed by atoms with Crippen LogP contribution >= 0.6 is 11.6 Å². The second-order valence-corrected chi connectivity index (χ2v) is 5.57. The third-order valence-corrected chi connectivity index (χ3v) is 3.53. The molecule has 1 fully saturated rings. The van der Waals surface area contributed by atoms with Crippen molar-refractivity contribution in [3.63, 3.8) is 0 Å². The molecule has 0 aliphatic heterocycles. The predicted molar refractivity (Wildman–Crippen MR) is 80.4 cm³/mol. The number of aromatic nitrogens is 1. The zero-order valence-corrected chi connectivity index (χ0v) is 12.2. The summed E-state index contributed by atoms with van der Waals surface area (Å²) in [6.07, 6.45) is 2.55. The molecule has 0 saturated heterocycles. The number of benzene rings is 1. The lowest BCUT2D eigenvalue weighted by Gasteiger charge is -2.09. The highest BCUT2D eigenvalue weighted by Gasteiger charge is 2.20. The quantitative estimate of drug-likeness (QED) is 0.900. The molecule has 104 valence electrons. The van der Waals surface area contributed by atoms with Crippen molar-refractivity contribution in [2.45, 2.75) is 32.4 Å². The fourth-order valence-electron chi connectivity index (χ4n) is 1.95. The van der Waals surface area contributed by atoms with Gasteiger partial charge in [0.05, 0.1) is 10.7 Å². The van der Waals surface area contributed by atoms with Crippen molar-refractivity contribution in [3.8, 4) is 11.6 Å². The third kappa shape index (κ3) is 3.50. The van der Waals surface area contributed by atoms with Crippen molar-refractivity contribution in [2.24, 2.45) is 0 Å². The van der Waals surface area contributed by atoms with Gasteiger partial charge in [-0.1, -0.05) is 23.7 Å². The molecule has 1 N–H and O–H groups in total. The second kappa shape index (κ2) is 5.81. The molecule has 3 nitrogen and oxygen atoms in total. The maximum Gasteiger partial charge on any atom is 0.219 e. The van der Waals surface area contributed by atoms with Crippen LogP contribution in [0.5, 0.6) is 11.6 Å². The summed E-state index contributed by atoms with van der Waals surface area (Å²) in [5, 5.41) is 4.04. The van der Waals surface area contributed by atoms with E-state index in [0.29, 0.717) is 22.7 Å². The zero-order valence-electron chi connectivity index (χ0n) is 11.4. The SMILES string of the molecule is Cc1ccc(Oc2cccc(CNC3CC3)n2)c(Cl)c1. The van der Waals surface area contributed by atoms with E-state index in [1.54, 1.807) is 0 Å². The molecule has 20 heavy (non-hydrogen) atoms. The molecule has 0 bridgehead atoms. The van der Waals surface area contributed by atoms with Crippen LogP contribution in [0.1, 0.15) is 24.1 Å². The number of rotatable bonds is 5. The number of ether oxygens (including phenoxy) is 1. The number of hydrogen-bond donors (Lipinski definition) is 1. The van der Waals surface area contributed by atoms with E-state index in [2.05, 4.69) is 10.3 Å². The van der Waals surface area contributed by atoms with E-state index >= 15 is 0 Å². The summed E-state index contributed by atoms with van der Waals surface area (Å²) < 4.78 is 5.76. The van der Waals surface area contributed by atoms with Crippen molar-refractivity contribution in [1.29, 1.82) is 0 Å². The molecule has 0 atom stereocenters. The van der Waals surface area contributed by atoms with Gasteiger partial charge in [0, 0.05) is 18.7 Å². The van der Waals surface area contributed by atoms with Gasteiger partial charge in [-0.05, 0) is 43.5 Å². The normalized spacial score (nSPS) is 14.3. The van der Waals surface area contributed by atoms with Gasteiger partial charge in [0.25, 0.3) is 0 Å². The molecule has 1 aliphatic carbocycles. The van der Waals surface area contributed by atoms with Crippen LogP contribution in [0.15, 0.2) is 36.4 Å². The van der Waals surface area contributed by atoms with E-state index in [1.165, 1.54) is 12.8 Å². The summed E-state index contributed by atoms with van der Waals surface area (Å²) in [5.41, 5.74) is 2.09. The summed E-state index contributed by atoms with van der Waals surface area (Å²) in [4.78, 5) is 4.49. The minimum Gasteiger partial charge on any atom is -0.437 e. The van der Waals surface area contributed by atoms with Gasteiger partial charge in [0.1, 0.15) is 5.75 Å². The lowest BCUT2D eigenvalue weighted by molar-refractivity contribution is 0.459. The van der Waals surface area contributed by atoms with Gasteiger partial charge in [-0.3, -0.25) is 0 Å². The van der Waals surface area contributed by atoms with Crippen molar-refractivity contribution in [2.75, 3.05) is 0 Å². The minimum absolute atomic E-state index is 0.575. The number of aryl methyl sites for hydroxylation is 1. The summed E-state index contributed by atoms with van der Waals surface area (Å²) in [6, 6.07) is 12.2. The van der Waals surface area contributed by atoms with Crippen LogP contribution in [0.2, 0.25) is 5.02 Å². The highest BCUT2D eigenvalue weighted by Crippen LogP contribution is 2.29. The zero-order chi connectivity index (χ0) is 13.9. The van der Waals surface area contributed by atoms with Crippen LogP contribution in [0.4, 0.5) is 0 Å². The van der Waals surface area contributed by atoms with Crippen LogP contribution in [-0.2, 0) is 6.54 Å². The first kappa shape index (κ1) is 13.4. The standard InChI is InChI=1S/C16H17ClN2O/c1-11-5-8-15(14(17)9-11)20-16-4-2-3-13(19-16)10-18-12-6-7-12/h2-5,8-9,12,18H,6-7,10H2,1H3. The molecule has 1 aliphatic rings. The van der Waals surface area contributed by atoms with Crippen molar-refractivity contribution in [3.05, 3.63) is 52.7 Å². The third-order valence-electron chi connectivity index (χ3n) is 3.23. The Morgan fingerprint density at radius 1 is 1.30 bits per heavy atom. The topological polar surface area (TPSA) is 34.1 Å². The Morgan fingerprint density at radius 3 is 2.90 bits per heavy atom. The van der Waals surface area contributed by atoms with E-state index in [1.807, 2.05) is 43.3 Å². The van der Waals surface area contributed by atoms with Crippen molar-refractivity contribution in [1.82, 2.24) is 10.3 Å². The Kier molecular flexibility index (Phi) is 3.90. The largest absolute Gasteiger partial charge is 0.437 e. The summed E-state index contributed by atoms with van der Waals surface area (Å²) in [6.45, 7) is 2.78. The summed E-state index contributed by atoms with van der Waals surface area (Å²) in [5.74, 6) is 1.21. The maximum atomic E-state index is 6.17. The predicted octanol–water partition coefficient (Wildman–Crippen LogP) is 4.09. The van der Waals surface area contributed by atoms with Gasteiger partial charge < -0.3 is 10.1 Å². The fraction of sp³-hybridized carbons (Fsp3) is 0.312. The van der Waals surface area contributed by atoms with Crippen LogP contribution < -0.4 is 10.1 Å². The monoisotopic (exact) mass is 288 g/mol. The Balaban J connectivity index is 1.70. The first-order valence-electron chi connectivity index (χ1n) is 6.84. The number of pyridine rings is 1. The molecule has 1 aromatic carbocycles. The average molecular weight is 289 g/mol. The van der Waals surface area contributed by atoms with Crippen LogP contribution in [0, 0.1) is 6.92 Å². The molecule has 0 amide bonds. The lowest BCUT2D eigenvalue weighted by atomic mass is 10.2. The summed E-state index contributed by atoms with van der Waals surface area (Å²) >= 11 is 6.17. The molecule has 2 aromatic rings. The molecular weight excluding hydrogens is 272 g/mol. The number of halogens is 1. The van der Waals surface area contributed by atoms with E-state index in [4.69, 9.17) is 16.3 Å². The van der Waals surface area contributed by atoms with Gasteiger partial charge in [0.15, 0.2) is 0 Å². The van der Waals surface area contributed by atoms with Crippen LogP contribution in [0.25, 0.3) is 0 Å². The van der Waals surface area contributed by atoms with E-state index in [0.717, 1.165) is 17.8 Å². The Bertz CT molecular complexity index is 611. The Morgan fingerprint density at radius 2 is 2.15 bits per heavy atom. The van der Waals surface area contributed by atoms with Gasteiger partial charge in [0.2, 0.25) is 5.88 Å². The number of nitrogens with one attached hydrogen (secondary N) is 1. The highest BCUT2D eigenvalue weighted by molar-refractivity contribution is 6.32. The molecule has 1 saturated carbocycles. The van der Waals surface area contributed by atoms with E-state index in [-0.39, 0.29) is 0 Å². The Hall–Kier alpha value is -1.58. The van der Waals surface area contributed by atoms with E-state index in [9.17, 15) is 0 Å². The first-order valence-corrected chi connectivity index (χ1v) is 7.22. The van der Waals surface area contributed by atoms with Gasteiger partial charge in [-0.25, -0.2) is 4.98 Å². The summed E-state index contributed by atoms with van der Waals surface area (Å²) in [7, 11) is 0.